The van der Waals surface area contributed by atoms with Crippen LogP contribution >= 0.6 is 11.3 Å². The lowest BCUT2D eigenvalue weighted by atomic mass is 9.97. The summed E-state index contributed by atoms with van der Waals surface area (Å²) in [6, 6.07) is 6.40. The van der Waals surface area contributed by atoms with E-state index in [2.05, 4.69) is 20.8 Å². The summed E-state index contributed by atoms with van der Waals surface area (Å²) in [7, 11) is -1.95. The molecule has 2 rings (SSSR count). The van der Waals surface area contributed by atoms with Crippen molar-refractivity contribution in [2.45, 2.75) is 77.4 Å². The summed E-state index contributed by atoms with van der Waals surface area (Å²) < 4.78 is 11.9. The van der Waals surface area contributed by atoms with Gasteiger partial charge >= 0.3 is 6.09 Å². The van der Waals surface area contributed by atoms with Gasteiger partial charge in [-0.1, -0.05) is 26.8 Å². The third-order valence-corrected chi connectivity index (χ3v) is 10.3. The van der Waals surface area contributed by atoms with Gasteiger partial charge in [-0.2, -0.15) is 0 Å². The molecule has 140 valence electrons. The third kappa shape index (κ3) is 4.15. The number of hydrogen-bond acceptors (Lipinski definition) is 5. The molecule has 1 aliphatic heterocycles. The largest absolute Gasteiger partial charge is 0.443 e. The average molecular weight is 384 g/mol. The molecule has 0 unspecified atom stereocenters. The molecule has 2 heterocycles. The summed E-state index contributed by atoms with van der Waals surface area (Å²) in [5.41, 5.74) is -0.641. The smallest absolute Gasteiger partial charge is 0.417 e. The zero-order chi connectivity index (χ0) is 18.8. The molecule has 0 saturated carbocycles. The fourth-order valence-electron chi connectivity index (χ4n) is 3.10. The maximum atomic E-state index is 12.7. The normalized spacial score (nSPS) is 21.2. The van der Waals surface area contributed by atoms with E-state index in [1.165, 1.54) is 16.2 Å². The Morgan fingerprint density at radius 2 is 1.84 bits per heavy atom. The van der Waals surface area contributed by atoms with E-state index in [-0.39, 0.29) is 11.9 Å². The third-order valence-electron chi connectivity index (χ3n) is 4.78. The maximum Gasteiger partial charge on any atom is 0.417 e. The number of hydrogen-bond donors (Lipinski definition) is 0. The molecule has 1 aromatic heterocycles. The van der Waals surface area contributed by atoms with E-state index in [0.29, 0.717) is 0 Å². The van der Waals surface area contributed by atoms with Gasteiger partial charge in [0.1, 0.15) is 11.6 Å². The minimum absolute atomic E-state index is 0.278. The first-order valence-electron chi connectivity index (χ1n) is 8.95. The second-order valence-corrected chi connectivity index (χ2v) is 13.1. The van der Waals surface area contributed by atoms with Crippen LogP contribution in [0, 0.1) is 0 Å². The van der Waals surface area contributed by atoms with Gasteiger partial charge in [0.15, 0.2) is 14.4 Å². The van der Waals surface area contributed by atoms with Crippen LogP contribution in [0.5, 0.6) is 0 Å². The molecule has 0 radical (unpaired) electrons. The van der Waals surface area contributed by atoms with E-state index in [0.717, 1.165) is 23.0 Å². The highest BCUT2D eigenvalue weighted by molar-refractivity contribution is 7.10. The zero-order valence-corrected chi connectivity index (χ0v) is 17.8. The summed E-state index contributed by atoms with van der Waals surface area (Å²) in [5, 5.41) is 1.95. The molecule has 0 aliphatic carbocycles. The van der Waals surface area contributed by atoms with Crippen molar-refractivity contribution < 1.29 is 18.8 Å². The molecule has 1 aromatic rings. The SMILES string of the molecule is CC[Si](CC)(CC)O[C@H]1C(=O)N(C(=O)OC(C)(C)C)[C@H]1c1cccs1. The number of carbonyl (C=O) groups is 2. The molecule has 0 N–H and O–H groups in total. The quantitative estimate of drug-likeness (QED) is 0.515. The molecule has 2 atom stereocenters. The first-order valence-corrected chi connectivity index (χ1v) is 12.4. The predicted octanol–water partition coefficient (Wildman–Crippen LogP) is 4.96. The topological polar surface area (TPSA) is 55.8 Å². The predicted molar refractivity (Wildman–Crippen MR) is 102 cm³/mol. The number of β-lactam (4-membered cyclic amide) rings is 1. The van der Waals surface area contributed by atoms with Crippen molar-refractivity contribution in [2.24, 2.45) is 0 Å². The Labute approximate surface area is 155 Å². The number of likely N-dealkylation sites (tertiary alicyclic amines) is 1. The maximum absolute atomic E-state index is 12.7. The number of amides is 2. The Morgan fingerprint density at radius 1 is 1.24 bits per heavy atom. The number of thiophene rings is 1. The van der Waals surface area contributed by atoms with Crippen LogP contribution in [0.4, 0.5) is 4.79 Å². The van der Waals surface area contributed by atoms with E-state index in [1.807, 2.05) is 17.5 Å². The molecule has 2 amide bonds. The highest BCUT2D eigenvalue weighted by Crippen LogP contribution is 2.42. The first-order chi connectivity index (χ1) is 11.7. The Kier molecular flexibility index (Phi) is 6.12. The molecule has 25 heavy (non-hydrogen) atoms. The number of rotatable bonds is 6. The van der Waals surface area contributed by atoms with Crippen molar-refractivity contribution in [3.63, 3.8) is 0 Å². The minimum atomic E-state index is -1.95. The van der Waals surface area contributed by atoms with Crippen molar-refractivity contribution in [3.8, 4) is 0 Å². The summed E-state index contributed by atoms with van der Waals surface area (Å²) in [6.45, 7) is 11.8. The van der Waals surface area contributed by atoms with E-state index in [1.54, 1.807) is 20.8 Å². The van der Waals surface area contributed by atoms with Gasteiger partial charge in [0.05, 0.1) is 0 Å². The fraction of sp³-hybridized carbons (Fsp3) is 0.667. The van der Waals surface area contributed by atoms with Crippen LogP contribution in [0.15, 0.2) is 17.5 Å². The fourth-order valence-corrected chi connectivity index (χ4v) is 6.71. The second kappa shape index (κ2) is 7.59. The van der Waals surface area contributed by atoms with E-state index in [9.17, 15) is 9.59 Å². The molecule has 0 spiro atoms. The van der Waals surface area contributed by atoms with Crippen molar-refractivity contribution in [1.29, 1.82) is 0 Å². The second-order valence-electron chi connectivity index (χ2n) is 7.43. The lowest BCUT2D eigenvalue weighted by Crippen LogP contribution is -2.65. The highest BCUT2D eigenvalue weighted by Gasteiger charge is 2.56. The van der Waals surface area contributed by atoms with Crippen molar-refractivity contribution in [1.82, 2.24) is 4.90 Å². The Hall–Kier alpha value is -1.18. The number of nitrogens with zero attached hydrogens (tertiary/aromatic N) is 1. The Balaban J connectivity index is 2.27. The summed E-state index contributed by atoms with van der Waals surface area (Å²) in [4.78, 5) is 27.5. The van der Waals surface area contributed by atoms with Gasteiger partial charge in [0, 0.05) is 4.88 Å². The van der Waals surface area contributed by atoms with Gasteiger partial charge in [-0.3, -0.25) is 4.79 Å². The van der Waals surface area contributed by atoms with Gasteiger partial charge in [-0.05, 0) is 50.3 Å². The molecule has 5 nitrogen and oxygen atoms in total. The highest BCUT2D eigenvalue weighted by atomic mass is 32.1. The Morgan fingerprint density at radius 3 is 2.28 bits per heavy atom. The number of imide groups is 1. The van der Waals surface area contributed by atoms with E-state index < -0.39 is 26.1 Å². The molecule has 0 aromatic carbocycles. The van der Waals surface area contributed by atoms with Crippen LogP contribution in [-0.4, -0.2) is 36.9 Å². The van der Waals surface area contributed by atoms with E-state index >= 15 is 0 Å². The standard InChI is InChI=1S/C18H29NO4SSi/c1-7-25(8-2,9-3)23-15-14(13-11-10-12-24-13)19(16(15)20)17(21)22-18(4,5)6/h10-12,14-15H,7-9H2,1-6H3/t14-,15+/m0/s1. The van der Waals surface area contributed by atoms with Crippen LogP contribution in [0.1, 0.15) is 52.5 Å². The molecular weight excluding hydrogens is 354 g/mol. The number of carbonyl (C=O) groups excluding carboxylic acids is 2. The van der Waals surface area contributed by atoms with Crippen LogP contribution in [0.2, 0.25) is 18.1 Å². The molecular formula is C18H29NO4SSi. The van der Waals surface area contributed by atoms with Crippen LogP contribution in [0.3, 0.4) is 0 Å². The summed E-state index contributed by atoms with van der Waals surface area (Å²) in [5.74, 6) is -0.278. The number of ether oxygens (including phenoxy) is 1. The zero-order valence-electron chi connectivity index (χ0n) is 16.0. The Bertz CT molecular complexity index is 599. The molecule has 1 fully saturated rings. The van der Waals surface area contributed by atoms with Gasteiger partial charge in [-0.15, -0.1) is 11.3 Å². The van der Waals surface area contributed by atoms with Crippen LogP contribution < -0.4 is 0 Å². The molecule has 0 bridgehead atoms. The summed E-state index contributed by atoms with van der Waals surface area (Å²) >= 11 is 1.53. The average Bonchev–Trinajstić information content (AvgIpc) is 3.05. The van der Waals surface area contributed by atoms with Gasteiger partial charge in [-0.25, -0.2) is 9.69 Å². The van der Waals surface area contributed by atoms with Crippen molar-refractivity contribution in [2.75, 3.05) is 0 Å². The van der Waals surface area contributed by atoms with Crippen molar-refractivity contribution in [3.05, 3.63) is 22.4 Å². The molecule has 1 aliphatic rings. The van der Waals surface area contributed by atoms with Crippen LogP contribution in [0.25, 0.3) is 0 Å². The van der Waals surface area contributed by atoms with Crippen molar-refractivity contribution >= 4 is 31.7 Å². The van der Waals surface area contributed by atoms with E-state index in [4.69, 9.17) is 9.16 Å². The monoisotopic (exact) mass is 383 g/mol. The van der Waals surface area contributed by atoms with Gasteiger partial charge < -0.3 is 9.16 Å². The van der Waals surface area contributed by atoms with Gasteiger partial charge in [0.2, 0.25) is 0 Å². The molecule has 7 heteroatoms. The minimum Gasteiger partial charge on any atom is -0.443 e. The summed E-state index contributed by atoms with van der Waals surface area (Å²) in [6.07, 6.45) is -1.16. The lowest BCUT2D eigenvalue weighted by molar-refractivity contribution is -0.162. The van der Waals surface area contributed by atoms with Crippen LogP contribution in [-0.2, 0) is 14.0 Å². The molecule has 1 saturated heterocycles. The van der Waals surface area contributed by atoms with Gasteiger partial charge in [0.25, 0.3) is 5.91 Å². The lowest BCUT2D eigenvalue weighted by Gasteiger charge is -2.48. The first kappa shape index (κ1) is 20.1.